The topological polar surface area (TPSA) is 57.9 Å². The van der Waals surface area contributed by atoms with Gasteiger partial charge in [0.2, 0.25) is 5.95 Å². The summed E-state index contributed by atoms with van der Waals surface area (Å²) < 4.78 is 0. The van der Waals surface area contributed by atoms with Gasteiger partial charge in [0.25, 0.3) is 0 Å². The number of H-pyrrole nitrogens is 1. The molecule has 0 aromatic carbocycles. The maximum absolute atomic E-state index is 5.85. The quantitative estimate of drug-likeness (QED) is 0.632. The Morgan fingerprint density at radius 3 is 3.25 bits per heavy atom. The van der Waals surface area contributed by atoms with Crippen molar-refractivity contribution >= 4 is 5.95 Å². The van der Waals surface area contributed by atoms with E-state index in [4.69, 9.17) is 5.73 Å². The Kier molecular flexibility index (Phi) is 1.99. The van der Waals surface area contributed by atoms with Crippen LogP contribution in [-0.2, 0) is 0 Å². The summed E-state index contributed by atoms with van der Waals surface area (Å²) in [5.74, 6) is 0.949. The van der Waals surface area contributed by atoms with Gasteiger partial charge in [-0.3, -0.25) is 0 Å². The van der Waals surface area contributed by atoms with Crippen LogP contribution >= 0.6 is 0 Å². The normalized spacial score (nSPS) is 24.4. The third-order valence-electron chi connectivity index (χ3n) is 2.24. The van der Waals surface area contributed by atoms with Gasteiger partial charge in [0.1, 0.15) is 0 Å². The number of rotatable bonds is 1. The Morgan fingerprint density at radius 2 is 2.58 bits per heavy atom. The number of nitrogens with two attached hydrogens (primary N) is 1. The number of piperidine rings is 1. The molecule has 66 valence electrons. The van der Waals surface area contributed by atoms with Gasteiger partial charge in [-0.2, -0.15) is 0 Å². The van der Waals surface area contributed by atoms with E-state index >= 15 is 0 Å². The Bertz CT molecular complexity index is 231. The molecule has 12 heavy (non-hydrogen) atoms. The van der Waals surface area contributed by atoms with Gasteiger partial charge in [0.15, 0.2) is 0 Å². The Balaban J connectivity index is 2.04. The summed E-state index contributed by atoms with van der Waals surface area (Å²) in [6.45, 7) is 1.99. The first-order valence-corrected chi connectivity index (χ1v) is 4.36. The van der Waals surface area contributed by atoms with Crippen molar-refractivity contribution in [2.45, 2.75) is 18.9 Å². The molecule has 1 fully saturated rings. The SMILES string of the molecule is N[C@@H]1CCCN(c2ncc[nH]2)C1. The van der Waals surface area contributed by atoms with E-state index in [9.17, 15) is 0 Å². The first-order chi connectivity index (χ1) is 5.86. The molecule has 4 heteroatoms. The fourth-order valence-electron chi connectivity index (χ4n) is 1.63. The van der Waals surface area contributed by atoms with Crippen LogP contribution in [0.25, 0.3) is 0 Å². The number of nitrogens with one attached hydrogen (secondary N) is 1. The molecule has 0 spiro atoms. The maximum Gasteiger partial charge on any atom is 0.202 e. The van der Waals surface area contributed by atoms with Gasteiger partial charge in [0, 0.05) is 31.5 Å². The molecule has 0 saturated carbocycles. The van der Waals surface area contributed by atoms with Crippen molar-refractivity contribution in [1.29, 1.82) is 0 Å². The van der Waals surface area contributed by atoms with Crippen LogP contribution in [0.2, 0.25) is 0 Å². The lowest BCUT2D eigenvalue weighted by atomic mass is 10.1. The summed E-state index contributed by atoms with van der Waals surface area (Å²) in [5.41, 5.74) is 5.85. The lowest BCUT2D eigenvalue weighted by Gasteiger charge is -2.30. The Morgan fingerprint density at radius 1 is 1.67 bits per heavy atom. The van der Waals surface area contributed by atoms with E-state index in [2.05, 4.69) is 14.9 Å². The largest absolute Gasteiger partial charge is 0.341 e. The summed E-state index contributed by atoms with van der Waals surface area (Å²) in [5, 5.41) is 0. The van der Waals surface area contributed by atoms with Crippen LogP contribution in [0.15, 0.2) is 12.4 Å². The Labute approximate surface area is 71.8 Å². The monoisotopic (exact) mass is 166 g/mol. The fraction of sp³-hybridized carbons (Fsp3) is 0.625. The number of aromatic amines is 1. The second-order valence-electron chi connectivity index (χ2n) is 3.26. The van der Waals surface area contributed by atoms with Gasteiger partial charge in [-0.15, -0.1) is 0 Å². The average molecular weight is 166 g/mol. The minimum Gasteiger partial charge on any atom is -0.341 e. The highest BCUT2D eigenvalue weighted by molar-refractivity contribution is 5.29. The number of hydrogen-bond acceptors (Lipinski definition) is 3. The molecule has 1 aromatic rings. The van der Waals surface area contributed by atoms with Gasteiger partial charge in [-0.25, -0.2) is 4.98 Å². The van der Waals surface area contributed by atoms with Crippen LogP contribution in [-0.4, -0.2) is 29.1 Å². The van der Waals surface area contributed by atoms with Crippen LogP contribution in [0.5, 0.6) is 0 Å². The van der Waals surface area contributed by atoms with Crippen molar-refractivity contribution in [2.24, 2.45) is 5.73 Å². The van der Waals surface area contributed by atoms with Gasteiger partial charge < -0.3 is 15.6 Å². The Hall–Kier alpha value is -1.03. The minimum atomic E-state index is 0.309. The summed E-state index contributed by atoms with van der Waals surface area (Å²) in [6, 6.07) is 0.309. The molecule has 2 heterocycles. The highest BCUT2D eigenvalue weighted by Crippen LogP contribution is 2.13. The molecule has 1 aliphatic heterocycles. The average Bonchev–Trinajstić information content (AvgIpc) is 2.56. The molecule has 0 radical (unpaired) electrons. The molecule has 0 amide bonds. The molecule has 2 rings (SSSR count). The first-order valence-electron chi connectivity index (χ1n) is 4.36. The zero-order valence-corrected chi connectivity index (χ0v) is 7.03. The molecular formula is C8H14N4. The van der Waals surface area contributed by atoms with E-state index in [1.54, 1.807) is 6.20 Å². The number of aromatic nitrogens is 2. The third kappa shape index (κ3) is 1.43. The van der Waals surface area contributed by atoms with Crippen LogP contribution in [0.3, 0.4) is 0 Å². The summed E-state index contributed by atoms with van der Waals surface area (Å²) in [7, 11) is 0. The van der Waals surface area contributed by atoms with E-state index in [1.807, 2.05) is 6.20 Å². The van der Waals surface area contributed by atoms with E-state index < -0.39 is 0 Å². The predicted molar refractivity (Wildman–Crippen MR) is 48.0 cm³/mol. The van der Waals surface area contributed by atoms with E-state index in [0.717, 1.165) is 25.5 Å². The molecule has 0 bridgehead atoms. The molecule has 0 unspecified atom stereocenters. The van der Waals surface area contributed by atoms with Crippen molar-refractivity contribution in [2.75, 3.05) is 18.0 Å². The molecule has 1 aromatic heterocycles. The molecule has 1 aliphatic rings. The van der Waals surface area contributed by atoms with Crippen LogP contribution in [0, 0.1) is 0 Å². The zero-order valence-electron chi connectivity index (χ0n) is 7.03. The second-order valence-corrected chi connectivity index (χ2v) is 3.26. The van der Waals surface area contributed by atoms with Gasteiger partial charge in [-0.1, -0.05) is 0 Å². The van der Waals surface area contributed by atoms with Gasteiger partial charge >= 0.3 is 0 Å². The second kappa shape index (κ2) is 3.15. The van der Waals surface area contributed by atoms with E-state index in [1.165, 1.54) is 6.42 Å². The lowest BCUT2D eigenvalue weighted by Crippen LogP contribution is -2.43. The number of nitrogens with zero attached hydrogens (tertiary/aromatic N) is 2. The van der Waals surface area contributed by atoms with Crippen molar-refractivity contribution < 1.29 is 0 Å². The lowest BCUT2D eigenvalue weighted by molar-refractivity contribution is 0.501. The van der Waals surface area contributed by atoms with Crippen molar-refractivity contribution in [3.63, 3.8) is 0 Å². The van der Waals surface area contributed by atoms with Crippen molar-refractivity contribution in [3.05, 3.63) is 12.4 Å². The van der Waals surface area contributed by atoms with E-state index in [-0.39, 0.29) is 0 Å². The van der Waals surface area contributed by atoms with Gasteiger partial charge in [-0.05, 0) is 12.8 Å². The third-order valence-corrected chi connectivity index (χ3v) is 2.24. The standard InChI is InChI=1S/C8H14N4/c9-7-2-1-5-12(6-7)8-10-3-4-11-8/h3-4,7H,1-2,5-6,9H2,(H,10,11)/t7-/m1/s1. The number of anilines is 1. The highest BCUT2D eigenvalue weighted by atomic mass is 15.3. The highest BCUT2D eigenvalue weighted by Gasteiger charge is 2.17. The van der Waals surface area contributed by atoms with Crippen LogP contribution in [0.1, 0.15) is 12.8 Å². The van der Waals surface area contributed by atoms with Crippen LogP contribution in [0.4, 0.5) is 5.95 Å². The number of hydrogen-bond donors (Lipinski definition) is 2. The summed E-state index contributed by atoms with van der Waals surface area (Å²) in [6.07, 6.45) is 5.92. The smallest absolute Gasteiger partial charge is 0.202 e. The molecule has 3 N–H and O–H groups in total. The van der Waals surface area contributed by atoms with Crippen LogP contribution < -0.4 is 10.6 Å². The van der Waals surface area contributed by atoms with Gasteiger partial charge in [0.05, 0.1) is 0 Å². The zero-order chi connectivity index (χ0) is 8.39. The minimum absolute atomic E-state index is 0.309. The molecule has 4 nitrogen and oxygen atoms in total. The van der Waals surface area contributed by atoms with Crippen molar-refractivity contribution in [1.82, 2.24) is 9.97 Å². The molecule has 0 aliphatic carbocycles. The maximum atomic E-state index is 5.85. The van der Waals surface area contributed by atoms with Crippen molar-refractivity contribution in [3.8, 4) is 0 Å². The predicted octanol–water partition coefficient (Wildman–Crippen LogP) is 0.337. The molecule has 1 saturated heterocycles. The number of imidazole rings is 1. The summed E-state index contributed by atoms with van der Waals surface area (Å²) >= 11 is 0. The molecular weight excluding hydrogens is 152 g/mol. The van der Waals surface area contributed by atoms with E-state index in [0.29, 0.717) is 6.04 Å². The molecule has 1 atom stereocenters. The fourth-order valence-corrected chi connectivity index (χ4v) is 1.63. The summed E-state index contributed by atoms with van der Waals surface area (Å²) in [4.78, 5) is 9.48. The first kappa shape index (κ1) is 7.61.